The van der Waals surface area contributed by atoms with Crippen molar-refractivity contribution >= 4 is 11.9 Å². The topological polar surface area (TPSA) is 57.6 Å². The number of benzene rings is 1. The molecule has 1 aliphatic rings. The van der Waals surface area contributed by atoms with E-state index in [-0.39, 0.29) is 12.3 Å². The lowest BCUT2D eigenvalue weighted by Gasteiger charge is -2.15. The van der Waals surface area contributed by atoms with Crippen LogP contribution in [0.25, 0.3) is 0 Å². The van der Waals surface area contributed by atoms with Crippen LogP contribution in [0, 0.1) is 12.8 Å². The fourth-order valence-corrected chi connectivity index (χ4v) is 2.29. The Morgan fingerprint density at radius 1 is 1.50 bits per heavy atom. The number of carbonyl (C=O) groups is 2. The van der Waals surface area contributed by atoms with Gasteiger partial charge in [-0.1, -0.05) is 29.8 Å². The summed E-state index contributed by atoms with van der Waals surface area (Å²) in [5, 5.41) is 8.89. The van der Waals surface area contributed by atoms with E-state index in [1.165, 1.54) is 11.1 Å². The van der Waals surface area contributed by atoms with Gasteiger partial charge >= 0.3 is 5.97 Å². The van der Waals surface area contributed by atoms with Gasteiger partial charge in [0.25, 0.3) is 0 Å². The molecule has 0 saturated carbocycles. The molecule has 0 radical (unpaired) electrons. The van der Waals surface area contributed by atoms with Crippen molar-refractivity contribution in [2.45, 2.75) is 19.8 Å². The lowest BCUT2D eigenvalue weighted by molar-refractivity contribution is -0.141. The van der Waals surface area contributed by atoms with Crippen LogP contribution in [0.3, 0.4) is 0 Å². The van der Waals surface area contributed by atoms with E-state index in [9.17, 15) is 9.59 Å². The highest BCUT2D eigenvalue weighted by Gasteiger charge is 2.33. The van der Waals surface area contributed by atoms with Crippen molar-refractivity contribution in [3.8, 4) is 0 Å². The summed E-state index contributed by atoms with van der Waals surface area (Å²) in [7, 11) is 0. The third kappa shape index (κ3) is 2.88. The number of aryl methyl sites for hydroxylation is 1. The molecule has 1 unspecified atom stereocenters. The number of aliphatic carboxylic acids is 1. The zero-order valence-corrected chi connectivity index (χ0v) is 10.4. The first-order valence-electron chi connectivity index (χ1n) is 6.12. The minimum absolute atomic E-state index is 0.0462. The van der Waals surface area contributed by atoms with Crippen molar-refractivity contribution in [1.82, 2.24) is 4.90 Å². The highest BCUT2D eigenvalue weighted by molar-refractivity contribution is 5.86. The van der Waals surface area contributed by atoms with Crippen molar-refractivity contribution in [2.24, 2.45) is 5.92 Å². The Kier molecular flexibility index (Phi) is 3.65. The standard InChI is InChI=1S/C14H17NO3/c1-10-3-2-4-11(7-10)5-6-15-9-12(14(17)18)8-13(15)16/h2-4,7,12H,5-6,8-9H2,1H3,(H,17,18). The van der Waals surface area contributed by atoms with Crippen LogP contribution >= 0.6 is 0 Å². The lowest BCUT2D eigenvalue weighted by Crippen LogP contribution is -2.28. The number of hydrogen-bond donors (Lipinski definition) is 1. The molecule has 0 spiro atoms. The number of hydrogen-bond acceptors (Lipinski definition) is 2. The first kappa shape index (κ1) is 12.6. The van der Waals surface area contributed by atoms with Gasteiger partial charge in [0.1, 0.15) is 0 Å². The average molecular weight is 247 g/mol. The molecule has 1 heterocycles. The molecule has 1 fully saturated rings. The predicted octanol–water partition coefficient (Wildman–Crippen LogP) is 1.47. The smallest absolute Gasteiger partial charge is 0.308 e. The Morgan fingerprint density at radius 3 is 2.89 bits per heavy atom. The van der Waals surface area contributed by atoms with Gasteiger partial charge < -0.3 is 10.0 Å². The molecular weight excluding hydrogens is 230 g/mol. The number of carboxylic acid groups (broad SMARTS) is 1. The highest BCUT2D eigenvalue weighted by atomic mass is 16.4. The number of carboxylic acids is 1. The fourth-order valence-electron chi connectivity index (χ4n) is 2.29. The third-order valence-corrected chi connectivity index (χ3v) is 3.32. The molecule has 1 amide bonds. The van der Waals surface area contributed by atoms with Crippen molar-refractivity contribution in [3.63, 3.8) is 0 Å². The molecule has 18 heavy (non-hydrogen) atoms. The first-order valence-corrected chi connectivity index (χ1v) is 6.12. The minimum atomic E-state index is -0.874. The van der Waals surface area contributed by atoms with E-state index >= 15 is 0 Å². The van der Waals surface area contributed by atoms with E-state index in [0.717, 1.165) is 6.42 Å². The summed E-state index contributed by atoms with van der Waals surface area (Å²) < 4.78 is 0. The molecule has 0 bridgehead atoms. The summed E-state index contributed by atoms with van der Waals surface area (Å²) in [4.78, 5) is 24.1. The van der Waals surface area contributed by atoms with Crippen molar-refractivity contribution < 1.29 is 14.7 Å². The summed E-state index contributed by atoms with van der Waals surface area (Å²) >= 11 is 0. The number of amides is 1. The van der Waals surface area contributed by atoms with Crippen molar-refractivity contribution in [3.05, 3.63) is 35.4 Å². The van der Waals surface area contributed by atoms with Gasteiger partial charge in [-0.3, -0.25) is 9.59 Å². The van der Waals surface area contributed by atoms with Crippen LogP contribution in [0.1, 0.15) is 17.5 Å². The molecule has 1 atom stereocenters. The Balaban J connectivity index is 1.91. The molecule has 4 heteroatoms. The monoisotopic (exact) mass is 247 g/mol. The first-order chi connectivity index (χ1) is 8.56. The van der Waals surface area contributed by atoms with Gasteiger partial charge in [0, 0.05) is 19.5 Å². The van der Waals surface area contributed by atoms with Gasteiger partial charge in [0.2, 0.25) is 5.91 Å². The van der Waals surface area contributed by atoms with Gasteiger partial charge in [0.05, 0.1) is 5.92 Å². The number of nitrogens with zero attached hydrogens (tertiary/aromatic N) is 1. The lowest BCUT2D eigenvalue weighted by atomic mass is 10.1. The van der Waals surface area contributed by atoms with E-state index in [0.29, 0.717) is 13.1 Å². The van der Waals surface area contributed by atoms with E-state index < -0.39 is 11.9 Å². The summed E-state index contributed by atoms with van der Waals surface area (Å²) in [6, 6.07) is 8.15. The quantitative estimate of drug-likeness (QED) is 0.876. The van der Waals surface area contributed by atoms with E-state index in [4.69, 9.17) is 5.11 Å². The van der Waals surface area contributed by atoms with Gasteiger partial charge in [0.15, 0.2) is 0 Å². The molecule has 96 valence electrons. The maximum absolute atomic E-state index is 11.6. The van der Waals surface area contributed by atoms with E-state index in [2.05, 4.69) is 6.07 Å². The SMILES string of the molecule is Cc1cccc(CCN2CC(C(=O)O)CC2=O)c1. The molecule has 0 aliphatic carbocycles. The zero-order valence-electron chi connectivity index (χ0n) is 10.4. The fraction of sp³-hybridized carbons (Fsp3) is 0.429. The Morgan fingerprint density at radius 2 is 2.28 bits per heavy atom. The van der Waals surface area contributed by atoms with Crippen LogP contribution in [0.5, 0.6) is 0 Å². The summed E-state index contributed by atoms with van der Waals surface area (Å²) in [6.07, 6.45) is 0.920. The van der Waals surface area contributed by atoms with Gasteiger partial charge in [-0.05, 0) is 18.9 Å². The average Bonchev–Trinajstić information content (AvgIpc) is 2.68. The minimum Gasteiger partial charge on any atom is -0.481 e. The summed E-state index contributed by atoms with van der Waals surface area (Å²) in [5.41, 5.74) is 2.38. The summed E-state index contributed by atoms with van der Waals surface area (Å²) in [6.45, 7) is 2.98. The Labute approximate surface area is 106 Å². The Bertz CT molecular complexity index is 470. The second-order valence-corrected chi connectivity index (χ2v) is 4.82. The molecule has 1 N–H and O–H groups in total. The second kappa shape index (κ2) is 5.21. The third-order valence-electron chi connectivity index (χ3n) is 3.32. The second-order valence-electron chi connectivity index (χ2n) is 4.82. The normalized spacial score (nSPS) is 19.3. The van der Waals surface area contributed by atoms with Crippen LogP contribution in [0.15, 0.2) is 24.3 Å². The highest BCUT2D eigenvalue weighted by Crippen LogP contribution is 2.18. The number of carbonyl (C=O) groups excluding carboxylic acids is 1. The van der Waals surface area contributed by atoms with Gasteiger partial charge in [-0.2, -0.15) is 0 Å². The van der Waals surface area contributed by atoms with Crippen LogP contribution < -0.4 is 0 Å². The number of rotatable bonds is 4. The maximum atomic E-state index is 11.6. The zero-order chi connectivity index (χ0) is 13.1. The van der Waals surface area contributed by atoms with Crippen molar-refractivity contribution in [2.75, 3.05) is 13.1 Å². The summed E-state index contributed by atoms with van der Waals surface area (Å²) in [5.74, 6) is -1.45. The Hall–Kier alpha value is -1.84. The predicted molar refractivity (Wildman–Crippen MR) is 67.2 cm³/mol. The molecule has 1 saturated heterocycles. The largest absolute Gasteiger partial charge is 0.481 e. The van der Waals surface area contributed by atoms with Crippen LogP contribution in [-0.4, -0.2) is 35.0 Å². The maximum Gasteiger partial charge on any atom is 0.308 e. The molecule has 0 aromatic heterocycles. The molecule has 1 aromatic rings. The van der Waals surface area contributed by atoms with E-state index in [1.54, 1.807) is 4.90 Å². The van der Waals surface area contributed by atoms with Crippen LogP contribution in [-0.2, 0) is 16.0 Å². The molecule has 1 aromatic carbocycles. The van der Waals surface area contributed by atoms with Gasteiger partial charge in [-0.25, -0.2) is 0 Å². The van der Waals surface area contributed by atoms with Gasteiger partial charge in [-0.15, -0.1) is 0 Å². The van der Waals surface area contributed by atoms with E-state index in [1.807, 2.05) is 25.1 Å². The molecule has 1 aliphatic heterocycles. The van der Waals surface area contributed by atoms with Crippen molar-refractivity contribution in [1.29, 1.82) is 0 Å². The van der Waals surface area contributed by atoms with Crippen LogP contribution in [0.4, 0.5) is 0 Å². The molecule has 2 rings (SSSR count). The van der Waals surface area contributed by atoms with Crippen LogP contribution in [0.2, 0.25) is 0 Å². The molecular formula is C14H17NO3. The molecule has 4 nitrogen and oxygen atoms in total. The number of likely N-dealkylation sites (tertiary alicyclic amines) is 1.